The second kappa shape index (κ2) is 21.7. The van der Waals surface area contributed by atoms with Gasteiger partial charge in [-0.1, -0.05) is 99.1 Å². The van der Waals surface area contributed by atoms with Gasteiger partial charge in [-0.15, -0.1) is 6.58 Å². The maximum atomic E-state index is 14.0. The fourth-order valence-electron chi connectivity index (χ4n) is 6.78. The van der Waals surface area contributed by atoms with Crippen molar-refractivity contribution in [1.29, 1.82) is 0 Å². The molecule has 0 spiro atoms. The Morgan fingerprint density at radius 2 is 1.62 bits per heavy atom. The number of amides is 7. The number of Topliss-reactive ketones (excluding diaryl/α,β-unsaturated/α-hetero) is 1. The third kappa shape index (κ3) is 15.4. The van der Waals surface area contributed by atoms with Crippen molar-refractivity contribution in [2.75, 3.05) is 26.2 Å². The van der Waals surface area contributed by atoms with E-state index in [1.165, 1.54) is 11.0 Å². The van der Waals surface area contributed by atoms with Crippen molar-refractivity contribution in [2.45, 2.75) is 138 Å². The fraction of sp³-hybridized carbons (Fsp3) is 0.651. The summed E-state index contributed by atoms with van der Waals surface area (Å²) in [5.41, 5.74) is 0.991. The molecule has 4 unspecified atom stereocenters. The van der Waals surface area contributed by atoms with E-state index in [9.17, 15) is 33.6 Å². The molecule has 7 amide bonds. The minimum absolute atomic E-state index is 0.0489. The summed E-state index contributed by atoms with van der Waals surface area (Å²) in [5.74, 6) is -2.39. The molecule has 324 valence electrons. The molecule has 0 radical (unpaired) electrons. The molecular weight excluding hydrogens is 743 g/mol. The van der Waals surface area contributed by atoms with Crippen LogP contribution in [0.5, 0.6) is 0 Å². The van der Waals surface area contributed by atoms with Crippen LogP contribution in [0, 0.1) is 23.2 Å². The number of nitrogens with one attached hydrogen (secondary N) is 5. The van der Waals surface area contributed by atoms with Crippen LogP contribution in [0.2, 0.25) is 0 Å². The molecule has 2 heterocycles. The van der Waals surface area contributed by atoms with Crippen LogP contribution in [0.15, 0.2) is 36.9 Å². The number of carboxylic acid groups (broad SMARTS) is 1. The highest BCUT2D eigenvalue weighted by Crippen LogP contribution is 2.32. The highest BCUT2D eigenvalue weighted by molar-refractivity contribution is 6.38. The first-order valence-corrected chi connectivity index (χ1v) is 20.3. The number of urea groups is 1. The summed E-state index contributed by atoms with van der Waals surface area (Å²) in [7, 11) is 0. The van der Waals surface area contributed by atoms with Crippen molar-refractivity contribution in [3.8, 4) is 0 Å². The Labute approximate surface area is 344 Å². The van der Waals surface area contributed by atoms with Gasteiger partial charge in [0.05, 0.1) is 12.1 Å². The summed E-state index contributed by atoms with van der Waals surface area (Å²) in [4.78, 5) is 92.4. The van der Waals surface area contributed by atoms with Gasteiger partial charge >= 0.3 is 12.1 Å². The predicted octanol–water partition coefficient (Wildman–Crippen LogP) is 4.67. The predicted molar refractivity (Wildman–Crippen MR) is 224 cm³/mol. The summed E-state index contributed by atoms with van der Waals surface area (Å²) in [6, 6.07) is 3.95. The smallest absolute Gasteiger partial charge is 0.404 e. The Bertz CT molecular complexity index is 1630. The Morgan fingerprint density at radius 1 is 0.966 bits per heavy atom. The van der Waals surface area contributed by atoms with E-state index in [4.69, 9.17) is 5.11 Å². The third-order valence-electron chi connectivity index (χ3n) is 10.6. The number of aryl methyl sites for hydroxylation is 1. The minimum atomic E-state index is -1.02. The van der Waals surface area contributed by atoms with Crippen molar-refractivity contribution in [1.82, 2.24) is 36.4 Å². The summed E-state index contributed by atoms with van der Waals surface area (Å²) < 4.78 is 0. The van der Waals surface area contributed by atoms with Crippen molar-refractivity contribution < 1.29 is 38.7 Å². The van der Waals surface area contributed by atoms with E-state index in [0.29, 0.717) is 51.9 Å². The first-order valence-electron chi connectivity index (χ1n) is 20.3. The molecule has 1 aromatic carbocycles. The summed E-state index contributed by atoms with van der Waals surface area (Å²) in [6.07, 6.45) is 3.60. The average Bonchev–Trinajstić information content (AvgIpc) is 3.62. The SMILES string of the molecule is C=CCNC(=O)C(=O)C(CCC)NC(=O)C1CCCN1C(=O)C(NC(=O)NC(CN1CCC(C)(C)CC1=O)C(C)(C)C)C(C)(C)C.Cc1ccccc1CNC(=O)O. The molecular formula is C43H69N7O8. The molecule has 15 heteroatoms. The van der Waals surface area contributed by atoms with Crippen LogP contribution in [0.3, 0.4) is 0 Å². The van der Waals surface area contributed by atoms with Crippen LogP contribution in [0.4, 0.5) is 9.59 Å². The number of piperidine rings is 1. The largest absolute Gasteiger partial charge is 0.465 e. The standard InChI is InChI=1S/C34H58N6O6.C9H11NO2/c1-11-14-22(26(42)29(44)35-17-12-2)36-28(43)23-15-13-18-40(23)30(45)27(33(6,7)8)38-31(46)37-24(32(3,4)5)21-39-19-16-34(9,10)20-25(39)41;1-7-4-2-3-5-8(7)6-10-9(11)12/h12,22-24,27H,2,11,13-21H2,1,3-10H3,(H,35,44)(H,36,43)(H2,37,38,46);2-5,10H,6H2,1H3,(H,11,12). The van der Waals surface area contributed by atoms with Crippen LogP contribution >= 0.6 is 0 Å². The number of ketones is 1. The van der Waals surface area contributed by atoms with Crippen LogP contribution in [-0.4, -0.2) is 107 Å². The van der Waals surface area contributed by atoms with Gasteiger partial charge in [0.1, 0.15) is 12.1 Å². The lowest BCUT2D eigenvalue weighted by Gasteiger charge is -2.41. The molecule has 0 aliphatic carbocycles. The second-order valence-corrected chi connectivity index (χ2v) is 18.3. The number of hydrogen-bond acceptors (Lipinski definition) is 7. The maximum Gasteiger partial charge on any atom is 0.404 e. The fourth-order valence-corrected chi connectivity index (χ4v) is 6.78. The van der Waals surface area contributed by atoms with Crippen LogP contribution < -0.4 is 26.6 Å². The van der Waals surface area contributed by atoms with Gasteiger partial charge in [-0.05, 0) is 60.0 Å². The van der Waals surface area contributed by atoms with Gasteiger partial charge in [-0.3, -0.25) is 24.0 Å². The monoisotopic (exact) mass is 812 g/mol. The van der Waals surface area contributed by atoms with Crippen molar-refractivity contribution in [2.24, 2.45) is 16.2 Å². The zero-order valence-corrected chi connectivity index (χ0v) is 36.4. The zero-order valence-electron chi connectivity index (χ0n) is 36.4. The molecule has 6 N–H and O–H groups in total. The van der Waals surface area contributed by atoms with Gasteiger partial charge in [0.2, 0.25) is 23.5 Å². The van der Waals surface area contributed by atoms with Crippen molar-refractivity contribution in [3.63, 3.8) is 0 Å². The molecule has 1 aromatic rings. The van der Waals surface area contributed by atoms with E-state index in [0.717, 1.165) is 17.5 Å². The van der Waals surface area contributed by atoms with Crippen molar-refractivity contribution in [3.05, 3.63) is 48.0 Å². The molecule has 2 fully saturated rings. The number of carbonyl (C=O) groups is 7. The van der Waals surface area contributed by atoms with E-state index in [2.05, 4.69) is 47.0 Å². The molecule has 0 saturated carbocycles. The number of carbonyl (C=O) groups excluding carboxylic acids is 6. The summed E-state index contributed by atoms with van der Waals surface area (Å²) >= 11 is 0. The van der Waals surface area contributed by atoms with Crippen LogP contribution in [-0.2, 0) is 30.5 Å². The number of hydrogen-bond donors (Lipinski definition) is 6. The lowest BCUT2D eigenvalue weighted by Crippen LogP contribution is -2.62. The van der Waals surface area contributed by atoms with Gasteiger partial charge in [0, 0.05) is 39.1 Å². The maximum absolute atomic E-state index is 14.0. The Hall–Kier alpha value is -4.95. The first kappa shape index (κ1) is 49.2. The molecule has 15 nitrogen and oxygen atoms in total. The Balaban J connectivity index is 0.000000822. The molecule has 0 bridgehead atoms. The molecule has 2 aliphatic heterocycles. The van der Waals surface area contributed by atoms with E-state index in [1.807, 2.05) is 79.7 Å². The lowest BCUT2D eigenvalue weighted by atomic mass is 9.81. The molecule has 0 aromatic heterocycles. The van der Waals surface area contributed by atoms with Crippen LogP contribution in [0.25, 0.3) is 0 Å². The number of nitrogens with zero attached hydrogens (tertiary/aromatic N) is 2. The minimum Gasteiger partial charge on any atom is -0.465 e. The molecule has 2 aliphatic rings. The Morgan fingerprint density at radius 3 is 2.17 bits per heavy atom. The number of likely N-dealkylation sites (tertiary alicyclic amines) is 2. The van der Waals surface area contributed by atoms with Gasteiger partial charge in [0.25, 0.3) is 5.91 Å². The molecule has 3 rings (SSSR count). The van der Waals surface area contributed by atoms with E-state index in [-0.39, 0.29) is 35.7 Å². The van der Waals surface area contributed by atoms with Gasteiger partial charge in [-0.2, -0.15) is 0 Å². The summed E-state index contributed by atoms with van der Waals surface area (Å²) in [5, 5.41) is 21.7. The van der Waals surface area contributed by atoms with E-state index >= 15 is 0 Å². The Kier molecular flexibility index (Phi) is 18.4. The van der Waals surface area contributed by atoms with E-state index in [1.54, 1.807) is 4.90 Å². The van der Waals surface area contributed by atoms with Gasteiger partial charge in [-0.25, -0.2) is 9.59 Å². The normalized spacial score (nSPS) is 18.0. The zero-order chi connectivity index (χ0) is 44.0. The molecule has 4 atom stereocenters. The van der Waals surface area contributed by atoms with Gasteiger partial charge < -0.3 is 41.5 Å². The van der Waals surface area contributed by atoms with Gasteiger partial charge in [0.15, 0.2) is 0 Å². The highest BCUT2D eigenvalue weighted by atomic mass is 16.4. The van der Waals surface area contributed by atoms with Crippen molar-refractivity contribution >= 4 is 41.5 Å². The lowest BCUT2D eigenvalue weighted by molar-refractivity contribution is -0.143. The average molecular weight is 812 g/mol. The molecule has 58 heavy (non-hydrogen) atoms. The quantitative estimate of drug-likeness (QED) is 0.108. The first-order chi connectivity index (χ1) is 26.9. The van der Waals surface area contributed by atoms with E-state index < -0.39 is 59.2 Å². The topological polar surface area (TPSA) is 206 Å². The summed E-state index contributed by atoms with van der Waals surface area (Å²) in [6.45, 7) is 24.8. The highest BCUT2D eigenvalue weighted by Gasteiger charge is 2.43. The number of benzene rings is 1. The number of rotatable bonds is 15. The van der Waals surface area contributed by atoms with Crippen LogP contribution in [0.1, 0.15) is 112 Å². The molecule has 2 saturated heterocycles. The third-order valence-corrected chi connectivity index (χ3v) is 10.6. The second-order valence-electron chi connectivity index (χ2n) is 18.3.